The standard InChI is InChI=1S/C19H24N4O/c1-14-7-8-18(24-14)19-17(12-21-22-19)11-20-10-15-5-4-6-16(9-15)13-23(2)3/h4-9,12,20H,10-11,13H2,1-3H3,(H,21,22). The quantitative estimate of drug-likeness (QED) is 0.700. The molecule has 0 aliphatic rings. The van der Waals surface area contributed by atoms with Crippen molar-refractivity contribution in [3.8, 4) is 11.5 Å². The molecule has 2 N–H and O–H groups in total. The molecule has 24 heavy (non-hydrogen) atoms. The third-order valence-electron chi connectivity index (χ3n) is 3.84. The molecule has 1 aromatic carbocycles. The number of nitrogens with zero attached hydrogens (tertiary/aromatic N) is 2. The van der Waals surface area contributed by atoms with Crippen molar-refractivity contribution in [3.05, 3.63) is 65.0 Å². The van der Waals surface area contributed by atoms with Crippen LogP contribution in [0, 0.1) is 6.92 Å². The van der Waals surface area contributed by atoms with E-state index in [1.807, 2.05) is 25.3 Å². The van der Waals surface area contributed by atoms with Gasteiger partial charge in [0.2, 0.25) is 0 Å². The lowest BCUT2D eigenvalue weighted by Gasteiger charge is -2.11. The fourth-order valence-corrected chi connectivity index (χ4v) is 2.77. The smallest absolute Gasteiger partial charge is 0.152 e. The van der Waals surface area contributed by atoms with E-state index in [2.05, 4.69) is 58.8 Å². The maximum atomic E-state index is 5.68. The Morgan fingerprint density at radius 2 is 1.96 bits per heavy atom. The van der Waals surface area contributed by atoms with Gasteiger partial charge in [-0.2, -0.15) is 5.10 Å². The molecule has 0 fully saturated rings. The van der Waals surface area contributed by atoms with Crippen molar-refractivity contribution >= 4 is 0 Å². The molecular weight excluding hydrogens is 300 g/mol. The second-order valence-electron chi connectivity index (χ2n) is 6.34. The van der Waals surface area contributed by atoms with Crippen molar-refractivity contribution in [2.45, 2.75) is 26.6 Å². The van der Waals surface area contributed by atoms with E-state index in [4.69, 9.17) is 4.42 Å². The minimum atomic E-state index is 0.740. The van der Waals surface area contributed by atoms with E-state index in [-0.39, 0.29) is 0 Å². The Kier molecular flexibility index (Phi) is 5.13. The Labute approximate surface area is 142 Å². The van der Waals surface area contributed by atoms with Crippen LogP contribution in [0.25, 0.3) is 11.5 Å². The van der Waals surface area contributed by atoms with E-state index >= 15 is 0 Å². The lowest BCUT2D eigenvalue weighted by atomic mass is 10.1. The maximum absolute atomic E-state index is 5.68. The molecule has 0 aliphatic heterocycles. The summed E-state index contributed by atoms with van der Waals surface area (Å²) in [7, 11) is 4.17. The fourth-order valence-electron chi connectivity index (χ4n) is 2.77. The predicted molar refractivity (Wildman–Crippen MR) is 95.4 cm³/mol. The average molecular weight is 324 g/mol. The minimum Gasteiger partial charge on any atom is -0.460 e. The molecule has 0 atom stereocenters. The summed E-state index contributed by atoms with van der Waals surface area (Å²) in [4.78, 5) is 2.18. The molecule has 0 amide bonds. The van der Waals surface area contributed by atoms with Crippen molar-refractivity contribution < 1.29 is 4.42 Å². The summed E-state index contributed by atoms with van der Waals surface area (Å²) in [5.41, 5.74) is 4.66. The van der Waals surface area contributed by atoms with Crippen LogP contribution in [0.1, 0.15) is 22.5 Å². The Bertz CT molecular complexity index is 788. The summed E-state index contributed by atoms with van der Waals surface area (Å²) in [6, 6.07) is 12.6. The highest BCUT2D eigenvalue weighted by atomic mass is 16.3. The predicted octanol–water partition coefficient (Wildman–Crippen LogP) is 3.33. The molecule has 2 aromatic heterocycles. The van der Waals surface area contributed by atoms with Gasteiger partial charge in [-0.25, -0.2) is 0 Å². The number of benzene rings is 1. The van der Waals surface area contributed by atoms with Gasteiger partial charge in [-0.3, -0.25) is 5.10 Å². The zero-order valence-corrected chi connectivity index (χ0v) is 14.5. The van der Waals surface area contributed by atoms with Gasteiger partial charge in [0.1, 0.15) is 11.5 Å². The first-order valence-corrected chi connectivity index (χ1v) is 8.14. The van der Waals surface area contributed by atoms with Crippen LogP contribution in [0.15, 0.2) is 47.0 Å². The molecule has 0 bridgehead atoms. The molecule has 3 aromatic rings. The highest BCUT2D eigenvalue weighted by Crippen LogP contribution is 2.23. The topological polar surface area (TPSA) is 57.1 Å². The van der Waals surface area contributed by atoms with Gasteiger partial charge in [-0.15, -0.1) is 0 Å². The molecule has 0 saturated carbocycles. The van der Waals surface area contributed by atoms with E-state index in [9.17, 15) is 0 Å². The maximum Gasteiger partial charge on any atom is 0.152 e. The van der Waals surface area contributed by atoms with Crippen LogP contribution < -0.4 is 5.32 Å². The molecule has 0 saturated heterocycles. The van der Waals surface area contributed by atoms with Crippen molar-refractivity contribution in [1.82, 2.24) is 20.4 Å². The number of H-pyrrole nitrogens is 1. The number of hydrogen-bond acceptors (Lipinski definition) is 4. The monoisotopic (exact) mass is 324 g/mol. The van der Waals surface area contributed by atoms with Gasteiger partial charge in [-0.1, -0.05) is 24.3 Å². The normalized spacial score (nSPS) is 11.3. The van der Waals surface area contributed by atoms with Gasteiger partial charge in [0.05, 0.1) is 6.20 Å². The Hall–Kier alpha value is -2.37. The Morgan fingerprint density at radius 3 is 2.71 bits per heavy atom. The zero-order chi connectivity index (χ0) is 16.9. The summed E-state index contributed by atoms with van der Waals surface area (Å²) in [6.45, 7) is 4.46. The first-order valence-electron chi connectivity index (χ1n) is 8.14. The van der Waals surface area contributed by atoms with Crippen LogP contribution in [0.3, 0.4) is 0 Å². The van der Waals surface area contributed by atoms with Crippen LogP contribution in [-0.2, 0) is 19.6 Å². The molecular formula is C19H24N4O. The highest BCUT2D eigenvalue weighted by Gasteiger charge is 2.10. The first-order chi connectivity index (χ1) is 11.6. The number of aromatic amines is 1. The summed E-state index contributed by atoms with van der Waals surface area (Å²) in [5.74, 6) is 1.73. The van der Waals surface area contributed by atoms with E-state index in [1.165, 1.54) is 11.1 Å². The summed E-state index contributed by atoms with van der Waals surface area (Å²) in [5, 5.41) is 10.7. The number of aryl methyl sites for hydroxylation is 1. The Morgan fingerprint density at radius 1 is 1.12 bits per heavy atom. The van der Waals surface area contributed by atoms with Crippen LogP contribution in [0.4, 0.5) is 0 Å². The Balaban J connectivity index is 1.60. The molecule has 0 spiro atoms. The largest absolute Gasteiger partial charge is 0.460 e. The van der Waals surface area contributed by atoms with Gasteiger partial charge in [0.25, 0.3) is 0 Å². The average Bonchev–Trinajstić information content (AvgIpc) is 3.15. The van der Waals surface area contributed by atoms with Crippen LogP contribution in [0.2, 0.25) is 0 Å². The molecule has 0 radical (unpaired) electrons. The number of rotatable bonds is 7. The van der Waals surface area contributed by atoms with E-state index in [0.29, 0.717) is 0 Å². The third-order valence-corrected chi connectivity index (χ3v) is 3.84. The van der Waals surface area contributed by atoms with E-state index < -0.39 is 0 Å². The number of nitrogens with one attached hydrogen (secondary N) is 2. The molecule has 2 heterocycles. The van der Waals surface area contributed by atoms with Gasteiger partial charge in [0, 0.05) is 25.2 Å². The second kappa shape index (κ2) is 7.47. The van der Waals surface area contributed by atoms with E-state index in [1.54, 1.807) is 0 Å². The van der Waals surface area contributed by atoms with E-state index in [0.717, 1.165) is 42.4 Å². The SMILES string of the molecule is Cc1ccc(-c2[nH]ncc2CNCc2cccc(CN(C)C)c2)o1. The number of hydrogen-bond donors (Lipinski definition) is 2. The third kappa shape index (κ3) is 4.13. The highest BCUT2D eigenvalue weighted by molar-refractivity contribution is 5.56. The molecule has 5 nitrogen and oxygen atoms in total. The summed E-state index contributed by atoms with van der Waals surface area (Å²) in [6.07, 6.45) is 1.85. The van der Waals surface area contributed by atoms with Gasteiger partial charge >= 0.3 is 0 Å². The summed E-state index contributed by atoms with van der Waals surface area (Å²) < 4.78 is 5.68. The second-order valence-corrected chi connectivity index (χ2v) is 6.34. The lowest BCUT2D eigenvalue weighted by Crippen LogP contribution is -2.14. The van der Waals surface area contributed by atoms with Crippen molar-refractivity contribution in [2.75, 3.05) is 14.1 Å². The zero-order valence-electron chi connectivity index (χ0n) is 14.5. The van der Waals surface area contributed by atoms with Gasteiger partial charge in [0.15, 0.2) is 5.76 Å². The molecule has 0 unspecified atom stereocenters. The van der Waals surface area contributed by atoms with Crippen LogP contribution in [0.5, 0.6) is 0 Å². The summed E-state index contributed by atoms with van der Waals surface area (Å²) >= 11 is 0. The molecule has 5 heteroatoms. The number of aromatic nitrogens is 2. The minimum absolute atomic E-state index is 0.740. The van der Waals surface area contributed by atoms with Crippen LogP contribution >= 0.6 is 0 Å². The fraction of sp³-hybridized carbons (Fsp3) is 0.316. The molecule has 0 aliphatic carbocycles. The molecule has 3 rings (SSSR count). The van der Waals surface area contributed by atoms with Crippen LogP contribution in [-0.4, -0.2) is 29.2 Å². The molecule has 126 valence electrons. The first kappa shape index (κ1) is 16.5. The lowest BCUT2D eigenvalue weighted by molar-refractivity contribution is 0.402. The van der Waals surface area contributed by atoms with Crippen molar-refractivity contribution in [1.29, 1.82) is 0 Å². The van der Waals surface area contributed by atoms with Gasteiger partial charge in [-0.05, 0) is 44.3 Å². The van der Waals surface area contributed by atoms with Crippen molar-refractivity contribution in [3.63, 3.8) is 0 Å². The number of furan rings is 1. The van der Waals surface area contributed by atoms with Gasteiger partial charge < -0.3 is 14.6 Å². The van der Waals surface area contributed by atoms with Crippen molar-refractivity contribution in [2.24, 2.45) is 0 Å².